The Morgan fingerprint density at radius 1 is 1.55 bits per heavy atom. The molecule has 0 saturated carbocycles. The smallest absolute Gasteiger partial charge is 0.152 e. The van der Waals surface area contributed by atoms with Crippen molar-refractivity contribution in [3.8, 4) is 0 Å². The zero-order valence-electron chi connectivity index (χ0n) is 6.54. The van der Waals surface area contributed by atoms with Gasteiger partial charge in [-0.3, -0.25) is 0 Å². The van der Waals surface area contributed by atoms with Crippen LogP contribution in [0.3, 0.4) is 0 Å². The van der Waals surface area contributed by atoms with Crippen molar-refractivity contribution in [1.29, 1.82) is 0 Å². The van der Waals surface area contributed by atoms with E-state index in [4.69, 9.17) is 0 Å². The van der Waals surface area contributed by atoms with Gasteiger partial charge in [0.1, 0.15) is 6.26 Å². The minimum Gasteiger partial charge on any atom is -0.612 e. The lowest BCUT2D eigenvalue weighted by Crippen LogP contribution is -1.97. The molecule has 0 spiro atoms. The van der Waals surface area contributed by atoms with Crippen molar-refractivity contribution in [3.63, 3.8) is 0 Å². The summed E-state index contributed by atoms with van der Waals surface area (Å²) in [5, 5.41) is 0. The van der Waals surface area contributed by atoms with Crippen LogP contribution in [0.2, 0.25) is 0 Å². The molecule has 1 rings (SSSR count). The lowest BCUT2D eigenvalue weighted by Gasteiger charge is -2.04. The van der Waals surface area contributed by atoms with Gasteiger partial charge in [0.25, 0.3) is 0 Å². The van der Waals surface area contributed by atoms with E-state index in [1.54, 1.807) is 6.26 Å². The van der Waals surface area contributed by atoms with Crippen LogP contribution in [0.15, 0.2) is 29.2 Å². The highest BCUT2D eigenvalue weighted by atomic mass is 32.2. The minimum atomic E-state index is -0.869. The molecule has 0 aliphatic heterocycles. The van der Waals surface area contributed by atoms with Crippen LogP contribution in [0.1, 0.15) is 5.56 Å². The van der Waals surface area contributed by atoms with Crippen LogP contribution in [-0.2, 0) is 17.6 Å². The predicted octanol–water partition coefficient (Wildman–Crippen LogP) is 1.80. The summed E-state index contributed by atoms with van der Waals surface area (Å²) in [5.41, 5.74) is 1.14. The van der Waals surface area contributed by atoms with Gasteiger partial charge in [0.05, 0.1) is 0 Å². The molecule has 1 unspecified atom stereocenters. The molecular weight excluding hydrogens is 156 g/mol. The standard InChI is InChI=1S/C9H11OS/c1-3-8-5-4-6-9(7-8)11(2)10/h4-7H,1,3H2,2H3. The lowest BCUT2D eigenvalue weighted by molar-refractivity contribution is 0.600. The summed E-state index contributed by atoms with van der Waals surface area (Å²) in [6, 6.07) is 7.71. The van der Waals surface area contributed by atoms with Gasteiger partial charge in [-0.25, -0.2) is 0 Å². The molecule has 0 fully saturated rings. The van der Waals surface area contributed by atoms with Crippen molar-refractivity contribution in [2.45, 2.75) is 11.3 Å². The Bertz CT molecular complexity index is 233. The van der Waals surface area contributed by atoms with E-state index in [1.165, 1.54) is 0 Å². The molecule has 1 radical (unpaired) electrons. The molecular formula is C9H11OS. The quantitative estimate of drug-likeness (QED) is 0.616. The van der Waals surface area contributed by atoms with Crippen molar-refractivity contribution in [2.75, 3.05) is 6.26 Å². The second-order valence-electron chi connectivity index (χ2n) is 2.35. The third-order valence-corrected chi connectivity index (χ3v) is 2.44. The Hall–Kier alpha value is -0.470. The molecule has 11 heavy (non-hydrogen) atoms. The molecule has 0 saturated heterocycles. The van der Waals surface area contributed by atoms with Gasteiger partial charge in [-0.1, -0.05) is 12.1 Å². The summed E-state index contributed by atoms with van der Waals surface area (Å²) in [4.78, 5) is 0.881. The van der Waals surface area contributed by atoms with Crippen LogP contribution >= 0.6 is 0 Å². The molecule has 0 aliphatic rings. The molecule has 1 nitrogen and oxygen atoms in total. The third-order valence-electron chi connectivity index (χ3n) is 1.52. The maximum absolute atomic E-state index is 11.0. The Morgan fingerprint density at radius 3 is 2.82 bits per heavy atom. The average molecular weight is 167 g/mol. The molecule has 0 aliphatic carbocycles. The van der Waals surface area contributed by atoms with Crippen LogP contribution in [0.25, 0.3) is 0 Å². The summed E-state index contributed by atoms with van der Waals surface area (Å²) in [6.07, 6.45) is 2.44. The second kappa shape index (κ2) is 3.79. The van der Waals surface area contributed by atoms with Crippen molar-refractivity contribution in [3.05, 3.63) is 36.8 Å². The zero-order chi connectivity index (χ0) is 8.27. The topological polar surface area (TPSA) is 23.1 Å². The predicted molar refractivity (Wildman–Crippen MR) is 47.8 cm³/mol. The van der Waals surface area contributed by atoms with Gasteiger partial charge in [0, 0.05) is 0 Å². The van der Waals surface area contributed by atoms with Gasteiger partial charge in [0.15, 0.2) is 4.90 Å². The number of hydrogen-bond donors (Lipinski definition) is 0. The van der Waals surface area contributed by atoms with Gasteiger partial charge in [-0.05, 0) is 42.2 Å². The molecule has 1 atom stereocenters. The average Bonchev–Trinajstić information content (AvgIpc) is 2.05. The van der Waals surface area contributed by atoms with Gasteiger partial charge in [0.2, 0.25) is 0 Å². The van der Waals surface area contributed by atoms with E-state index < -0.39 is 11.2 Å². The molecule has 0 heterocycles. The fourth-order valence-electron chi connectivity index (χ4n) is 0.880. The van der Waals surface area contributed by atoms with E-state index in [2.05, 4.69) is 6.92 Å². The van der Waals surface area contributed by atoms with Gasteiger partial charge in [-0.2, -0.15) is 0 Å². The van der Waals surface area contributed by atoms with E-state index in [1.807, 2.05) is 24.3 Å². The van der Waals surface area contributed by atoms with E-state index in [0.29, 0.717) is 0 Å². The molecule has 1 aromatic rings. The highest BCUT2D eigenvalue weighted by molar-refractivity contribution is 7.90. The largest absolute Gasteiger partial charge is 0.612 e. The van der Waals surface area contributed by atoms with E-state index >= 15 is 0 Å². The minimum absolute atomic E-state index is 0.755. The Labute approximate surface area is 70.6 Å². The Kier molecular flexibility index (Phi) is 2.97. The molecule has 1 aromatic carbocycles. The van der Waals surface area contributed by atoms with E-state index in [9.17, 15) is 4.55 Å². The van der Waals surface area contributed by atoms with Crippen LogP contribution in [0.5, 0.6) is 0 Å². The number of hydrogen-bond acceptors (Lipinski definition) is 1. The summed E-state index contributed by atoms with van der Waals surface area (Å²) >= 11 is -0.869. The molecule has 0 bridgehead atoms. The maximum Gasteiger partial charge on any atom is 0.152 e. The second-order valence-corrected chi connectivity index (χ2v) is 3.73. The molecule has 0 aromatic heterocycles. The number of benzene rings is 1. The highest BCUT2D eigenvalue weighted by Crippen LogP contribution is 2.11. The monoisotopic (exact) mass is 167 g/mol. The first kappa shape index (κ1) is 8.62. The fourth-order valence-corrected chi connectivity index (χ4v) is 1.47. The Balaban J connectivity index is 2.91. The molecule has 0 amide bonds. The van der Waals surface area contributed by atoms with Crippen LogP contribution < -0.4 is 0 Å². The maximum atomic E-state index is 11.0. The van der Waals surface area contributed by atoms with Crippen LogP contribution in [0.4, 0.5) is 0 Å². The van der Waals surface area contributed by atoms with Crippen LogP contribution in [0, 0.1) is 6.92 Å². The summed E-state index contributed by atoms with van der Waals surface area (Å²) < 4.78 is 11.0. The molecule has 0 N–H and O–H groups in total. The van der Waals surface area contributed by atoms with Crippen molar-refractivity contribution in [2.24, 2.45) is 0 Å². The lowest BCUT2D eigenvalue weighted by atomic mass is 10.2. The summed E-state index contributed by atoms with van der Waals surface area (Å²) in [6.45, 7) is 3.76. The highest BCUT2D eigenvalue weighted by Gasteiger charge is 2.02. The third kappa shape index (κ3) is 2.24. The van der Waals surface area contributed by atoms with Crippen molar-refractivity contribution >= 4 is 11.2 Å². The summed E-state index contributed by atoms with van der Waals surface area (Å²) in [7, 11) is 0. The SMILES string of the molecule is [CH2]Cc1cccc([S+](C)[O-])c1. The van der Waals surface area contributed by atoms with Gasteiger partial charge >= 0.3 is 0 Å². The van der Waals surface area contributed by atoms with E-state index in [-0.39, 0.29) is 0 Å². The first-order valence-electron chi connectivity index (χ1n) is 3.45. The fraction of sp³-hybridized carbons (Fsp3) is 0.222. The first-order valence-corrected chi connectivity index (χ1v) is 5.01. The van der Waals surface area contributed by atoms with Gasteiger partial charge in [-0.15, -0.1) is 0 Å². The zero-order valence-corrected chi connectivity index (χ0v) is 7.36. The van der Waals surface area contributed by atoms with Crippen LogP contribution in [-0.4, -0.2) is 10.8 Å². The van der Waals surface area contributed by atoms with E-state index in [0.717, 1.165) is 16.9 Å². The molecule has 2 heteroatoms. The summed E-state index contributed by atoms with van der Waals surface area (Å²) in [5.74, 6) is 0. The van der Waals surface area contributed by atoms with Crippen molar-refractivity contribution in [1.82, 2.24) is 0 Å². The van der Waals surface area contributed by atoms with Crippen molar-refractivity contribution < 1.29 is 4.55 Å². The first-order chi connectivity index (χ1) is 5.24. The number of rotatable bonds is 2. The Morgan fingerprint density at radius 2 is 2.27 bits per heavy atom. The normalized spacial score (nSPS) is 13.0. The van der Waals surface area contributed by atoms with Gasteiger partial charge < -0.3 is 4.55 Å². The molecule has 59 valence electrons.